The summed E-state index contributed by atoms with van der Waals surface area (Å²) in [6, 6.07) is 1.42. The van der Waals surface area contributed by atoms with E-state index in [9.17, 15) is 0 Å². The van der Waals surface area contributed by atoms with Crippen LogP contribution in [0.15, 0.2) is 21.2 Å². The Morgan fingerprint density at radius 1 is 1.53 bits per heavy atom. The van der Waals surface area contributed by atoms with Crippen molar-refractivity contribution < 1.29 is 8.83 Å². The number of hydrogen-bond acceptors (Lipinski definition) is 5. The largest absolute Gasteiger partial charge is 0.452 e. The van der Waals surface area contributed by atoms with Gasteiger partial charge in [-0.3, -0.25) is 0 Å². The molecule has 6 heteroatoms. The van der Waals surface area contributed by atoms with E-state index in [4.69, 9.17) is 26.2 Å². The molecule has 1 unspecified atom stereocenters. The quantitative estimate of drug-likeness (QED) is 0.871. The van der Waals surface area contributed by atoms with Gasteiger partial charge in [0, 0.05) is 0 Å². The van der Waals surface area contributed by atoms with E-state index in [0.29, 0.717) is 17.3 Å². The summed E-state index contributed by atoms with van der Waals surface area (Å²) in [4.78, 5) is 0. The van der Waals surface area contributed by atoms with Crippen LogP contribution in [0.4, 0.5) is 0 Å². The normalized spacial score (nSPS) is 13.0. The third kappa shape index (κ3) is 1.88. The number of hydrogen-bond donors (Lipinski definition) is 1. The van der Waals surface area contributed by atoms with Crippen molar-refractivity contribution in [2.24, 2.45) is 5.73 Å². The lowest BCUT2D eigenvalue weighted by Crippen LogP contribution is -2.08. The SMILES string of the molecule is CCC(N)c1nnc(-c2ccoc2Cl)o1. The molecule has 2 aromatic heterocycles. The third-order valence-electron chi connectivity index (χ3n) is 2.05. The highest BCUT2D eigenvalue weighted by atomic mass is 35.5. The minimum Gasteiger partial charge on any atom is -0.452 e. The lowest BCUT2D eigenvalue weighted by Gasteiger charge is -1.99. The molecule has 0 saturated carbocycles. The zero-order chi connectivity index (χ0) is 10.8. The number of rotatable bonds is 3. The number of furan rings is 1. The van der Waals surface area contributed by atoms with Crippen molar-refractivity contribution in [1.29, 1.82) is 0 Å². The Morgan fingerprint density at radius 3 is 2.93 bits per heavy atom. The molecule has 0 spiro atoms. The highest BCUT2D eigenvalue weighted by Gasteiger charge is 2.16. The Morgan fingerprint density at radius 2 is 2.33 bits per heavy atom. The summed E-state index contributed by atoms with van der Waals surface area (Å²) in [5, 5.41) is 7.92. The van der Waals surface area contributed by atoms with Gasteiger partial charge in [0.2, 0.25) is 11.1 Å². The van der Waals surface area contributed by atoms with Crippen LogP contribution >= 0.6 is 11.6 Å². The van der Waals surface area contributed by atoms with Gasteiger partial charge in [0.05, 0.1) is 17.9 Å². The second kappa shape index (κ2) is 4.04. The summed E-state index contributed by atoms with van der Waals surface area (Å²) in [6.45, 7) is 1.94. The van der Waals surface area contributed by atoms with Crippen molar-refractivity contribution in [3.8, 4) is 11.5 Å². The maximum absolute atomic E-state index is 5.77. The molecular formula is C9H10ClN3O2. The van der Waals surface area contributed by atoms with E-state index < -0.39 is 0 Å². The van der Waals surface area contributed by atoms with Crippen molar-refractivity contribution in [1.82, 2.24) is 10.2 Å². The second-order valence-electron chi connectivity index (χ2n) is 3.07. The number of nitrogens with two attached hydrogens (primary N) is 1. The van der Waals surface area contributed by atoms with Crippen molar-refractivity contribution in [2.75, 3.05) is 0 Å². The molecule has 2 N–H and O–H groups in total. The van der Waals surface area contributed by atoms with Crippen LogP contribution in [0.25, 0.3) is 11.5 Å². The van der Waals surface area contributed by atoms with Crippen LogP contribution in [0.2, 0.25) is 5.22 Å². The Bertz CT molecular complexity index is 452. The summed E-state index contributed by atoms with van der Waals surface area (Å²) in [5.74, 6) is 0.734. The molecular weight excluding hydrogens is 218 g/mol. The molecule has 15 heavy (non-hydrogen) atoms. The van der Waals surface area contributed by atoms with Crippen LogP contribution in [0, 0.1) is 0 Å². The van der Waals surface area contributed by atoms with Gasteiger partial charge in [-0.25, -0.2) is 0 Å². The molecule has 0 aliphatic carbocycles. The van der Waals surface area contributed by atoms with Gasteiger partial charge in [0.15, 0.2) is 0 Å². The van der Waals surface area contributed by atoms with E-state index >= 15 is 0 Å². The standard InChI is InChI=1S/C9H10ClN3O2/c1-2-6(11)9-13-12-8(15-9)5-3-4-14-7(5)10/h3-4,6H,2,11H2,1H3. The maximum Gasteiger partial charge on any atom is 0.252 e. The molecule has 0 fully saturated rings. The Balaban J connectivity index is 2.32. The smallest absolute Gasteiger partial charge is 0.252 e. The first-order valence-corrected chi connectivity index (χ1v) is 4.92. The second-order valence-corrected chi connectivity index (χ2v) is 3.41. The summed E-state index contributed by atoms with van der Waals surface area (Å²) in [5.41, 5.74) is 6.33. The predicted octanol–water partition coefficient (Wildman–Crippen LogP) is 2.39. The average Bonchev–Trinajstić information content (AvgIpc) is 2.84. The molecule has 0 bridgehead atoms. The van der Waals surface area contributed by atoms with Crippen LogP contribution in [0.1, 0.15) is 25.3 Å². The fourth-order valence-electron chi connectivity index (χ4n) is 1.11. The number of aromatic nitrogens is 2. The molecule has 0 aliphatic rings. The van der Waals surface area contributed by atoms with Gasteiger partial charge in [-0.05, 0) is 24.1 Å². The lowest BCUT2D eigenvalue weighted by molar-refractivity contribution is 0.452. The molecule has 80 valence electrons. The molecule has 2 heterocycles. The van der Waals surface area contributed by atoms with E-state index in [2.05, 4.69) is 10.2 Å². The molecule has 1 atom stereocenters. The Kier molecular flexibility index (Phi) is 2.75. The van der Waals surface area contributed by atoms with Crippen molar-refractivity contribution in [3.63, 3.8) is 0 Å². The monoisotopic (exact) mass is 227 g/mol. The minimum atomic E-state index is -0.239. The van der Waals surface area contributed by atoms with Crippen molar-refractivity contribution in [3.05, 3.63) is 23.4 Å². The van der Waals surface area contributed by atoms with Crippen molar-refractivity contribution >= 4 is 11.6 Å². The number of nitrogens with zero attached hydrogens (tertiary/aromatic N) is 2. The third-order valence-corrected chi connectivity index (χ3v) is 2.34. The van der Waals surface area contributed by atoms with E-state index in [1.165, 1.54) is 6.26 Å². The summed E-state index contributed by atoms with van der Waals surface area (Å²) >= 11 is 5.77. The Hall–Kier alpha value is -1.33. The minimum absolute atomic E-state index is 0.232. The van der Waals surface area contributed by atoms with Crippen LogP contribution in [0.5, 0.6) is 0 Å². The van der Waals surface area contributed by atoms with Gasteiger partial charge in [-0.1, -0.05) is 6.92 Å². The molecule has 0 aromatic carbocycles. The van der Waals surface area contributed by atoms with Gasteiger partial charge in [0.25, 0.3) is 5.89 Å². The van der Waals surface area contributed by atoms with E-state index in [1.807, 2.05) is 6.92 Å². The molecule has 0 amide bonds. The first-order chi connectivity index (χ1) is 7.22. The zero-order valence-corrected chi connectivity index (χ0v) is 8.86. The lowest BCUT2D eigenvalue weighted by atomic mass is 10.2. The molecule has 0 saturated heterocycles. The van der Waals surface area contributed by atoms with E-state index in [-0.39, 0.29) is 11.3 Å². The van der Waals surface area contributed by atoms with Crippen LogP contribution in [0.3, 0.4) is 0 Å². The first kappa shape index (κ1) is 10.2. The fraction of sp³-hybridized carbons (Fsp3) is 0.333. The van der Waals surface area contributed by atoms with Gasteiger partial charge >= 0.3 is 0 Å². The van der Waals surface area contributed by atoms with Crippen LogP contribution in [-0.4, -0.2) is 10.2 Å². The molecule has 0 radical (unpaired) electrons. The van der Waals surface area contributed by atoms with Crippen LogP contribution < -0.4 is 5.73 Å². The van der Waals surface area contributed by atoms with E-state index in [1.54, 1.807) is 6.07 Å². The molecule has 2 rings (SSSR count). The van der Waals surface area contributed by atoms with Gasteiger partial charge in [-0.15, -0.1) is 10.2 Å². The summed E-state index contributed by atoms with van der Waals surface area (Å²) in [7, 11) is 0. The van der Waals surface area contributed by atoms with E-state index in [0.717, 1.165) is 6.42 Å². The average molecular weight is 228 g/mol. The van der Waals surface area contributed by atoms with Gasteiger partial charge in [0.1, 0.15) is 0 Å². The molecule has 5 nitrogen and oxygen atoms in total. The fourth-order valence-corrected chi connectivity index (χ4v) is 1.31. The topological polar surface area (TPSA) is 78.1 Å². The summed E-state index contributed by atoms with van der Waals surface area (Å²) in [6.07, 6.45) is 2.20. The highest BCUT2D eigenvalue weighted by Crippen LogP contribution is 2.28. The van der Waals surface area contributed by atoms with Gasteiger partial charge in [-0.2, -0.15) is 0 Å². The number of halogens is 1. The zero-order valence-electron chi connectivity index (χ0n) is 8.11. The highest BCUT2D eigenvalue weighted by molar-refractivity contribution is 6.31. The molecule has 0 aliphatic heterocycles. The molecule has 2 aromatic rings. The summed E-state index contributed by atoms with van der Waals surface area (Å²) < 4.78 is 10.3. The van der Waals surface area contributed by atoms with Gasteiger partial charge < -0.3 is 14.6 Å². The van der Waals surface area contributed by atoms with Crippen LogP contribution in [-0.2, 0) is 0 Å². The predicted molar refractivity (Wildman–Crippen MR) is 54.2 cm³/mol. The first-order valence-electron chi connectivity index (χ1n) is 4.54. The van der Waals surface area contributed by atoms with Crippen molar-refractivity contribution in [2.45, 2.75) is 19.4 Å². The maximum atomic E-state index is 5.77. The Labute approximate surface area is 91.2 Å².